The first-order valence-corrected chi connectivity index (χ1v) is 12.0. The lowest BCUT2D eigenvalue weighted by Crippen LogP contribution is -2.59. The molecule has 172 valence electrons. The highest BCUT2D eigenvalue weighted by atomic mass is 35.5. The predicted molar refractivity (Wildman–Crippen MR) is 134 cm³/mol. The van der Waals surface area contributed by atoms with Crippen LogP contribution in [0.5, 0.6) is 17.2 Å². The molecular weight excluding hydrogens is 467 g/mol. The second-order valence-electron chi connectivity index (χ2n) is 8.58. The van der Waals surface area contributed by atoms with E-state index in [0.29, 0.717) is 22.4 Å². The molecule has 1 heterocycles. The van der Waals surface area contributed by atoms with Crippen LogP contribution in [0.1, 0.15) is 31.9 Å². The third-order valence-electron chi connectivity index (χ3n) is 4.99. The van der Waals surface area contributed by atoms with E-state index in [0.717, 1.165) is 33.3 Å². The Morgan fingerprint density at radius 2 is 1.66 bits per heavy atom. The molecule has 0 radical (unpaired) electrons. The molecule has 0 amide bonds. The predicted octanol–water partition coefficient (Wildman–Crippen LogP) is 7.41. The summed E-state index contributed by atoms with van der Waals surface area (Å²) in [5.41, 5.74) is 4.33. The van der Waals surface area contributed by atoms with Crippen molar-refractivity contribution in [2.45, 2.75) is 40.2 Å². The normalized spacial score (nSPS) is 18.5. The molecular formula is C24H28Cl2N2O3S. The van der Waals surface area contributed by atoms with E-state index in [2.05, 4.69) is 5.43 Å². The van der Waals surface area contributed by atoms with Crippen LogP contribution in [0.4, 0.5) is 0 Å². The summed E-state index contributed by atoms with van der Waals surface area (Å²) < 4.78 is 11.3. The van der Waals surface area contributed by atoms with Crippen LogP contribution in [0, 0.1) is 19.1 Å². The molecule has 1 unspecified atom stereocenters. The standard InChI is InChI=1S/C24H28Cl2N2O3S/c1-16-12-20(31-19-8-6-18(25)7-9-19)13-17(2)23(16)30-10-11-32-22-14-27-28(29,15-21(22)26)24(3,4)5/h6-9,12-15,27H,10-11H2,1-5H3. The van der Waals surface area contributed by atoms with Gasteiger partial charge in [-0.1, -0.05) is 23.2 Å². The van der Waals surface area contributed by atoms with Crippen molar-refractivity contribution in [2.24, 2.45) is 0 Å². The third kappa shape index (κ3) is 5.94. The minimum absolute atomic E-state index is 0.453. The number of aryl methyl sites for hydroxylation is 2. The fourth-order valence-corrected chi connectivity index (χ4v) is 4.31. The van der Waals surface area contributed by atoms with Crippen LogP contribution < -0.4 is 14.9 Å². The van der Waals surface area contributed by atoms with Crippen molar-refractivity contribution in [3.8, 4) is 17.2 Å². The maximum atomic E-state index is 12.8. The van der Waals surface area contributed by atoms with E-state index in [9.17, 15) is 5.21 Å². The first kappa shape index (κ1) is 24.8. The van der Waals surface area contributed by atoms with Gasteiger partial charge in [-0.05, 0) is 82.1 Å². The fourth-order valence-electron chi connectivity index (χ4n) is 3.11. The second kappa shape index (κ2) is 9.98. The molecule has 0 spiro atoms. The third-order valence-corrected chi connectivity index (χ3v) is 6.67. The number of allylic oxidation sites excluding steroid dienone is 1. The van der Waals surface area contributed by atoms with Crippen molar-refractivity contribution in [3.63, 3.8) is 0 Å². The lowest BCUT2D eigenvalue weighted by molar-refractivity contribution is -0.916. The molecule has 0 saturated carbocycles. The highest BCUT2D eigenvalue weighted by molar-refractivity contribution is 8.03. The van der Waals surface area contributed by atoms with E-state index >= 15 is 0 Å². The molecule has 2 aromatic carbocycles. The first-order valence-electron chi connectivity index (χ1n) is 10.3. The van der Waals surface area contributed by atoms with Gasteiger partial charge in [0.2, 0.25) is 0 Å². The SMILES string of the molecule is Cc1cc(Oc2ccc(Cl)cc2)cc(C)c1OCCSC1=CN[N+]([O-])(C(C)(C)C)C=C1Cl. The van der Waals surface area contributed by atoms with Crippen LogP contribution in [-0.4, -0.2) is 22.7 Å². The lowest BCUT2D eigenvalue weighted by atomic mass is 10.1. The average Bonchev–Trinajstić information content (AvgIpc) is 2.69. The van der Waals surface area contributed by atoms with E-state index < -0.39 is 10.3 Å². The number of hydrogen-bond acceptors (Lipinski definition) is 5. The maximum absolute atomic E-state index is 12.8. The molecule has 0 saturated heterocycles. The monoisotopic (exact) mass is 494 g/mol. The molecule has 1 N–H and O–H groups in total. The molecule has 0 bridgehead atoms. The summed E-state index contributed by atoms with van der Waals surface area (Å²) in [6.07, 6.45) is 3.18. The van der Waals surface area contributed by atoms with Crippen molar-refractivity contribution >= 4 is 35.0 Å². The molecule has 2 aromatic rings. The number of rotatable bonds is 7. The van der Waals surface area contributed by atoms with Gasteiger partial charge in [0.1, 0.15) is 34.0 Å². The highest BCUT2D eigenvalue weighted by Gasteiger charge is 2.34. The fraction of sp³-hybridized carbons (Fsp3) is 0.333. The molecule has 0 aromatic heterocycles. The van der Waals surface area contributed by atoms with Gasteiger partial charge in [0.15, 0.2) is 0 Å². The molecule has 1 atom stereocenters. The smallest absolute Gasteiger partial charge is 0.141 e. The van der Waals surface area contributed by atoms with Crippen LogP contribution in [0.3, 0.4) is 0 Å². The number of nitrogens with one attached hydrogen (secondary N) is 1. The van der Waals surface area contributed by atoms with Crippen LogP contribution in [0.2, 0.25) is 5.02 Å². The molecule has 3 rings (SSSR count). The largest absolute Gasteiger partial charge is 0.601 e. The number of quaternary nitrogens is 1. The summed E-state index contributed by atoms with van der Waals surface area (Å²) in [7, 11) is 0. The van der Waals surface area contributed by atoms with Crippen LogP contribution in [0.25, 0.3) is 0 Å². The van der Waals surface area contributed by atoms with Crippen LogP contribution in [-0.2, 0) is 0 Å². The zero-order valence-corrected chi connectivity index (χ0v) is 21.2. The molecule has 8 heteroatoms. The highest BCUT2D eigenvalue weighted by Crippen LogP contribution is 2.35. The quantitative estimate of drug-likeness (QED) is 0.246. The van der Waals surface area contributed by atoms with E-state index in [4.69, 9.17) is 32.7 Å². The van der Waals surface area contributed by atoms with Gasteiger partial charge >= 0.3 is 0 Å². The molecule has 0 fully saturated rings. The number of thioether (sulfide) groups is 1. The topological polar surface area (TPSA) is 53.5 Å². The number of halogens is 2. The van der Waals surface area contributed by atoms with Crippen molar-refractivity contribution in [3.05, 3.63) is 80.1 Å². The Labute approximate surface area is 204 Å². The minimum atomic E-state index is -0.699. The van der Waals surface area contributed by atoms with Gasteiger partial charge in [0.05, 0.1) is 17.7 Å². The van der Waals surface area contributed by atoms with Crippen molar-refractivity contribution in [2.75, 3.05) is 12.4 Å². The van der Waals surface area contributed by atoms with Gasteiger partial charge < -0.3 is 14.7 Å². The number of ether oxygens (including phenoxy) is 2. The lowest BCUT2D eigenvalue weighted by Gasteiger charge is -2.49. The van der Waals surface area contributed by atoms with Crippen molar-refractivity contribution in [1.29, 1.82) is 0 Å². The van der Waals surface area contributed by atoms with Gasteiger partial charge in [0.25, 0.3) is 0 Å². The Kier molecular flexibility index (Phi) is 7.73. The zero-order valence-electron chi connectivity index (χ0n) is 18.9. The number of hydroxylamine groups is 2. The average molecular weight is 495 g/mol. The van der Waals surface area contributed by atoms with Crippen molar-refractivity contribution in [1.82, 2.24) is 5.43 Å². The summed E-state index contributed by atoms with van der Waals surface area (Å²) in [6.45, 7) is 10.1. The van der Waals surface area contributed by atoms with Gasteiger partial charge in [-0.2, -0.15) is 0 Å². The Bertz CT molecular complexity index is 1010. The van der Waals surface area contributed by atoms with Gasteiger partial charge in [-0.25, -0.2) is 10.2 Å². The summed E-state index contributed by atoms with van der Waals surface area (Å²) in [6, 6.07) is 11.2. The Hall–Kier alpha value is -1.83. The first-order chi connectivity index (χ1) is 15.0. The molecule has 1 aliphatic heterocycles. The van der Waals surface area contributed by atoms with Gasteiger partial charge in [-0.3, -0.25) is 0 Å². The van der Waals surface area contributed by atoms with Crippen LogP contribution in [0.15, 0.2) is 58.7 Å². The van der Waals surface area contributed by atoms with E-state index in [-0.39, 0.29) is 0 Å². The Balaban J connectivity index is 1.55. The molecule has 0 aliphatic carbocycles. The second-order valence-corrected chi connectivity index (χ2v) is 10.6. The van der Waals surface area contributed by atoms with E-state index in [1.807, 2.05) is 58.9 Å². The summed E-state index contributed by atoms with van der Waals surface area (Å²) in [5, 5.41) is 13.9. The molecule has 32 heavy (non-hydrogen) atoms. The van der Waals surface area contributed by atoms with Crippen molar-refractivity contribution < 1.29 is 14.2 Å². The van der Waals surface area contributed by atoms with E-state index in [1.54, 1.807) is 30.1 Å². The Morgan fingerprint density at radius 3 is 2.22 bits per heavy atom. The number of benzene rings is 2. The maximum Gasteiger partial charge on any atom is 0.141 e. The summed E-state index contributed by atoms with van der Waals surface area (Å²) in [4.78, 5) is 0.823. The summed E-state index contributed by atoms with van der Waals surface area (Å²) in [5.74, 6) is 3.00. The molecule has 1 aliphatic rings. The number of nitrogens with zero attached hydrogens (tertiary/aromatic N) is 1. The Morgan fingerprint density at radius 1 is 1.03 bits per heavy atom. The van der Waals surface area contributed by atoms with Gasteiger partial charge in [-0.15, -0.1) is 11.8 Å². The van der Waals surface area contributed by atoms with Crippen LogP contribution >= 0.6 is 35.0 Å². The summed E-state index contributed by atoms with van der Waals surface area (Å²) >= 11 is 13.8. The minimum Gasteiger partial charge on any atom is -0.601 e. The van der Waals surface area contributed by atoms with Gasteiger partial charge in [0, 0.05) is 10.8 Å². The molecule has 5 nitrogen and oxygen atoms in total. The van der Waals surface area contributed by atoms with E-state index in [1.165, 1.54) is 6.20 Å². The zero-order chi connectivity index (χ0) is 23.5. The number of hydrogen-bond donors (Lipinski definition) is 1.